The number of ether oxygens (including phenoxy) is 1. The Morgan fingerprint density at radius 2 is 2.19 bits per heavy atom. The van der Waals surface area contributed by atoms with Crippen LogP contribution in [0.5, 0.6) is 0 Å². The van der Waals surface area contributed by atoms with Gasteiger partial charge in [-0.05, 0) is 19.1 Å². The number of carbonyl (C=O) groups is 1. The predicted molar refractivity (Wildman–Crippen MR) is 97.2 cm³/mol. The summed E-state index contributed by atoms with van der Waals surface area (Å²) in [5.74, 6) is 0.633. The first-order valence-electron chi connectivity index (χ1n) is 8.83. The summed E-state index contributed by atoms with van der Waals surface area (Å²) >= 11 is 0. The summed E-state index contributed by atoms with van der Waals surface area (Å²) in [5.41, 5.74) is 1.21. The van der Waals surface area contributed by atoms with E-state index in [0.29, 0.717) is 30.5 Å². The third-order valence-corrected chi connectivity index (χ3v) is 4.73. The fourth-order valence-electron chi connectivity index (χ4n) is 3.36. The molecule has 0 radical (unpaired) electrons. The maximum Gasteiger partial charge on any atom is 0.261 e. The average molecular weight is 368 g/mol. The number of carbonyl (C=O) groups excluding carboxylic acids is 1. The van der Waals surface area contributed by atoms with Gasteiger partial charge in [0.2, 0.25) is 5.91 Å². The largest absolute Gasteiger partial charge is 0.379 e. The summed E-state index contributed by atoms with van der Waals surface area (Å²) in [5, 5.41) is 7.35. The summed E-state index contributed by atoms with van der Waals surface area (Å²) < 4.78 is 12.1. The molecule has 2 atom stereocenters. The van der Waals surface area contributed by atoms with E-state index in [1.54, 1.807) is 18.2 Å². The molecule has 0 aliphatic carbocycles. The lowest BCUT2D eigenvalue weighted by Crippen LogP contribution is -2.43. The van der Waals surface area contributed by atoms with E-state index in [1.165, 1.54) is 10.9 Å². The van der Waals surface area contributed by atoms with Crippen LogP contribution in [0.25, 0.3) is 10.9 Å². The number of hydrogen-bond donors (Lipinski definition) is 1. The first-order valence-corrected chi connectivity index (χ1v) is 8.83. The van der Waals surface area contributed by atoms with Crippen molar-refractivity contribution in [2.45, 2.75) is 25.9 Å². The molecule has 8 heteroatoms. The monoisotopic (exact) mass is 368 g/mol. The molecule has 1 aromatic carbocycles. The van der Waals surface area contributed by atoms with E-state index >= 15 is 0 Å². The van der Waals surface area contributed by atoms with Crippen molar-refractivity contribution in [3.05, 3.63) is 58.5 Å². The highest BCUT2D eigenvalue weighted by atomic mass is 16.5. The van der Waals surface area contributed by atoms with Gasteiger partial charge >= 0.3 is 0 Å². The number of para-hydroxylation sites is 1. The van der Waals surface area contributed by atoms with Crippen molar-refractivity contribution in [1.82, 2.24) is 20.0 Å². The second-order valence-corrected chi connectivity index (χ2v) is 6.81. The van der Waals surface area contributed by atoms with Gasteiger partial charge in [-0.1, -0.05) is 17.3 Å². The smallest absolute Gasteiger partial charge is 0.261 e. The molecule has 0 spiro atoms. The third-order valence-electron chi connectivity index (χ3n) is 4.73. The van der Waals surface area contributed by atoms with Gasteiger partial charge in [-0.3, -0.25) is 14.2 Å². The Balaban J connectivity index is 1.43. The molecule has 27 heavy (non-hydrogen) atoms. The molecule has 0 bridgehead atoms. The van der Waals surface area contributed by atoms with Crippen LogP contribution >= 0.6 is 0 Å². The molecular formula is C19H20N4O4. The average Bonchev–Trinajstić information content (AvgIpc) is 3.27. The standard InChI is InChI=1S/C19H20N4O4/c1-12-6-14(27-22-12)7-13-9-26-10-17(13)21-18(24)8-23-11-20-16-5-3-2-4-15(16)19(23)25/h2-6,11,13,17H,7-10H2,1H3,(H,21,24)/t13-,17+/m1/s1. The summed E-state index contributed by atoms with van der Waals surface area (Å²) in [4.78, 5) is 29.2. The van der Waals surface area contributed by atoms with E-state index in [-0.39, 0.29) is 30.0 Å². The molecule has 1 saturated heterocycles. The molecule has 1 fully saturated rings. The summed E-state index contributed by atoms with van der Waals surface area (Å²) in [7, 11) is 0. The highest BCUT2D eigenvalue weighted by Crippen LogP contribution is 2.19. The number of rotatable bonds is 5. The normalized spacial score (nSPS) is 19.4. The topological polar surface area (TPSA) is 99.2 Å². The van der Waals surface area contributed by atoms with E-state index in [2.05, 4.69) is 15.5 Å². The number of nitrogens with one attached hydrogen (secondary N) is 1. The SMILES string of the molecule is Cc1cc(C[C@@H]2COC[C@@H]2NC(=O)Cn2cnc3ccccc3c2=O)on1. The van der Waals surface area contributed by atoms with Crippen LogP contribution in [0.15, 0.2) is 46.0 Å². The van der Waals surface area contributed by atoms with Crippen molar-refractivity contribution in [1.29, 1.82) is 0 Å². The Bertz CT molecular complexity index is 1030. The van der Waals surface area contributed by atoms with Crippen LogP contribution in [0.4, 0.5) is 0 Å². The Labute approximate surface area is 155 Å². The van der Waals surface area contributed by atoms with Crippen molar-refractivity contribution < 1.29 is 14.1 Å². The molecule has 1 aliphatic rings. The van der Waals surface area contributed by atoms with Crippen LogP contribution in [-0.4, -0.2) is 39.9 Å². The quantitative estimate of drug-likeness (QED) is 0.723. The fourth-order valence-corrected chi connectivity index (χ4v) is 3.36. The summed E-state index contributed by atoms with van der Waals surface area (Å²) in [6, 6.07) is 8.83. The summed E-state index contributed by atoms with van der Waals surface area (Å²) in [6.07, 6.45) is 2.05. The van der Waals surface area contributed by atoms with E-state index in [1.807, 2.05) is 19.1 Å². The number of hydrogen-bond acceptors (Lipinski definition) is 6. The van der Waals surface area contributed by atoms with Gasteiger partial charge in [0.05, 0.1) is 42.2 Å². The zero-order valence-corrected chi connectivity index (χ0v) is 14.9. The predicted octanol–water partition coefficient (Wildman–Crippen LogP) is 1.07. The summed E-state index contributed by atoms with van der Waals surface area (Å²) in [6.45, 7) is 2.77. The van der Waals surface area contributed by atoms with Crippen LogP contribution < -0.4 is 10.9 Å². The number of nitrogens with zero attached hydrogens (tertiary/aromatic N) is 3. The lowest BCUT2D eigenvalue weighted by molar-refractivity contribution is -0.122. The Morgan fingerprint density at radius 1 is 1.33 bits per heavy atom. The second kappa shape index (κ2) is 7.32. The van der Waals surface area contributed by atoms with Crippen molar-refractivity contribution in [3.63, 3.8) is 0 Å². The molecule has 1 N–H and O–H groups in total. The van der Waals surface area contributed by atoms with Gasteiger partial charge in [0.1, 0.15) is 12.3 Å². The highest BCUT2D eigenvalue weighted by molar-refractivity contribution is 5.79. The first kappa shape index (κ1) is 17.4. The lowest BCUT2D eigenvalue weighted by atomic mass is 9.98. The number of aromatic nitrogens is 3. The van der Waals surface area contributed by atoms with Crippen molar-refractivity contribution >= 4 is 16.8 Å². The van der Waals surface area contributed by atoms with Crippen LogP contribution in [0.1, 0.15) is 11.5 Å². The van der Waals surface area contributed by atoms with Crippen molar-refractivity contribution in [3.8, 4) is 0 Å². The minimum Gasteiger partial charge on any atom is -0.379 e. The number of fused-ring (bicyclic) bond motifs is 1. The first-order chi connectivity index (χ1) is 13.1. The van der Waals surface area contributed by atoms with Crippen molar-refractivity contribution in [2.24, 2.45) is 5.92 Å². The van der Waals surface area contributed by atoms with Gasteiger partial charge < -0.3 is 14.6 Å². The minimum absolute atomic E-state index is 0.0820. The molecule has 2 aromatic heterocycles. The van der Waals surface area contributed by atoms with Crippen molar-refractivity contribution in [2.75, 3.05) is 13.2 Å². The number of aryl methyl sites for hydroxylation is 1. The Kier molecular flexibility index (Phi) is 4.72. The number of amides is 1. The molecule has 140 valence electrons. The van der Waals surface area contributed by atoms with E-state index in [9.17, 15) is 9.59 Å². The molecule has 3 heterocycles. The molecule has 4 rings (SSSR count). The van der Waals surface area contributed by atoms with Crippen LogP contribution in [0.2, 0.25) is 0 Å². The van der Waals surface area contributed by atoms with Gasteiger partial charge in [-0.2, -0.15) is 0 Å². The third kappa shape index (κ3) is 3.75. The molecule has 0 unspecified atom stereocenters. The number of benzene rings is 1. The van der Waals surface area contributed by atoms with Crippen LogP contribution in [0.3, 0.4) is 0 Å². The molecule has 1 amide bonds. The van der Waals surface area contributed by atoms with E-state index in [0.717, 1.165) is 11.5 Å². The molecule has 3 aromatic rings. The van der Waals surface area contributed by atoms with E-state index in [4.69, 9.17) is 9.26 Å². The van der Waals surface area contributed by atoms with Gasteiger partial charge in [-0.25, -0.2) is 4.98 Å². The zero-order chi connectivity index (χ0) is 18.8. The highest BCUT2D eigenvalue weighted by Gasteiger charge is 2.30. The Morgan fingerprint density at radius 3 is 3.00 bits per heavy atom. The lowest BCUT2D eigenvalue weighted by Gasteiger charge is -2.18. The molecular weight excluding hydrogens is 348 g/mol. The second-order valence-electron chi connectivity index (χ2n) is 6.81. The molecule has 8 nitrogen and oxygen atoms in total. The van der Waals surface area contributed by atoms with Crippen LogP contribution in [0, 0.1) is 12.8 Å². The zero-order valence-electron chi connectivity index (χ0n) is 14.9. The molecule has 0 saturated carbocycles. The van der Waals surface area contributed by atoms with Gasteiger partial charge in [0.25, 0.3) is 5.56 Å². The Hall–Kier alpha value is -3.00. The molecule has 1 aliphatic heterocycles. The fraction of sp³-hybridized carbons (Fsp3) is 0.368. The minimum atomic E-state index is -0.247. The van der Waals surface area contributed by atoms with Gasteiger partial charge in [-0.15, -0.1) is 0 Å². The van der Waals surface area contributed by atoms with E-state index < -0.39 is 0 Å². The van der Waals surface area contributed by atoms with Crippen LogP contribution in [-0.2, 0) is 22.5 Å². The van der Waals surface area contributed by atoms with Gasteiger partial charge in [0, 0.05) is 18.4 Å². The maximum absolute atomic E-state index is 12.5. The maximum atomic E-state index is 12.5. The van der Waals surface area contributed by atoms with Gasteiger partial charge in [0.15, 0.2) is 0 Å².